The van der Waals surface area contributed by atoms with Crippen LogP contribution in [-0.4, -0.2) is 6.54 Å². The molecule has 68 valence electrons. The molecular formula is C10H23N. The molecule has 0 rings (SSSR count). The molecule has 1 heteroatoms. The van der Waals surface area contributed by atoms with Crippen molar-refractivity contribution in [1.29, 1.82) is 0 Å². The van der Waals surface area contributed by atoms with Crippen LogP contribution in [0.1, 0.15) is 52.9 Å². The normalized spacial score (nSPS) is 12.0. The third-order valence-electron chi connectivity index (χ3n) is 2.94. The van der Waals surface area contributed by atoms with Crippen LogP contribution in [-0.2, 0) is 0 Å². The Balaban J connectivity index is 3.51. The van der Waals surface area contributed by atoms with Crippen molar-refractivity contribution in [3.05, 3.63) is 0 Å². The predicted octanol–water partition coefficient (Wildman–Crippen LogP) is 2.94. The first-order chi connectivity index (χ1) is 5.18. The molecule has 0 atom stereocenters. The largest absolute Gasteiger partial charge is 0.330 e. The van der Waals surface area contributed by atoms with Gasteiger partial charge >= 0.3 is 0 Å². The summed E-state index contributed by atoms with van der Waals surface area (Å²) in [5, 5.41) is 0. The molecule has 0 unspecified atom stereocenters. The van der Waals surface area contributed by atoms with Gasteiger partial charge in [0, 0.05) is 0 Å². The fourth-order valence-corrected chi connectivity index (χ4v) is 1.30. The highest BCUT2D eigenvalue weighted by Gasteiger charge is 2.17. The zero-order valence-corrected chi connectivity index (χ0v) is 8.32. The third-order valence-corrected chi connectivity index (χ3v) is 2.94. The summed E-state index contributed by atoms with van der Waals surface area (Å²) in [5.41, 5.74) is 6.02. The summed E-state index contributed by atoms with van der Waals surface area (Å²) >= 11 is 0. The van der Waals surface area contributed by atoms with Crippen molar-refractivity contribution in [2.45, 2.75) is 52.9 Å². The molecule has 0 aliphatic rings. The van der Waals surface area contributed by atoms with Crippen molar-refractivity contribution in [2.75, 3.05) is 6.54 Å². The summed E-state index contributed by atoms with van der Waals surface area (Å²) in [6, 6.07) is 0. The van der Waals surface area contributed by atoms with E-state index in [9.17, 15) is 0 Å². The molecule has 0 saturated heterocycles. The van der Waals surface area contributed by atoms with Gasteiger partial charge in [-0.3, -0.25) is 0 Å². The van der Waals surface area contributed by atoms with E-state index in [4.69, 9.17) is 5.73 Å². The van der Waals surface area contributed by atoms with Gasteiger partial charge in [-0.05, 0) is 24.8 Å². The van der Waals surface area contributed by atoms with Crippen LogP contribution in [0.15, 0.2) is 0 Å². The summed E-state index contributed by atoms with van der Waals surface area (Å²) in [6.07, 6.45) is 6.43. The average Bonchev–Trinajstić information content (AvgIpc) is 2.05. The molecule has 0 bridgehead atoms. The van der Waals surface area contributed by atoms with Gasteiger partial charge < -0.3 is 5.73 Å². The Morgan fingerprint density at radius 1 is 1.09 bits per heavy atom. The lowest BCUT2D eigenvalue weighted by Gasteiger charge is -2.26. The number of unbranched alkanes of at least 4 members (excludes halogenated alkanes) is 1. The lowest BCUT2D eigenvalue weighted by atomic mass is 9.80. The van der Waals surface area contributed by atoms with Crippen LogP contribution < -0.4 is 5.73 Å². The minimum atomic E-state index is 0.579. The maximum absolute atomic E-state index is 5.44. The second kappa shape index (κ2) is 5.59. The van der Waals surface area contributed by atoms with Crippen LogP contribution in [0.4, 0.5) is 0 Å². The van der Waals surface area contributed by atoms with Gasteiger partial charge in [-0.25, -0.2) is 0 Å². The van der Waals surface area contributed by atoms with Crippen molar-refractivity contribution in [3.8, 4) is 0 Å². The van der Waals surface area contributed by atoms with Crippen LogP contribution in [0.3, 0.4) is 0 Å². The Labute approximate surface area is 71.4 Å². The molecule has 1 nitrogen and oxygen atoms in total. The fourth-order valence-electron chi connectivity index (χ4n) is 1.30. The molecule has 0 saturated carbocycles. The Kier molecular flexibility index (Phi) is 5.57. The standard InChI is InChI=1S/C10H23N/c1-4-10(3,5-2)8-6-7-9-11/h4-9,11H2,1-3H3. The van der Waals surface area contributed by atoms with Gasteiger partial charge in [0.2, 0.25) is 0 Å². The van der Waals surface area contributed by atoms with E-state index in [0.29, 0.717) is 5.41 Å². The van der Waals surface area contributed by atoms with Gasteiger partial charge in [-0.1, -0.05) is 40.0 Å². The van der Waals surface area contributed by atoms with Gasteiger partial charge in [-0.15, -0.1) is 0 Å². The molecule has 2 N–H and O–H groups in total. The van der Waals surface area contributed by atoms with E-state index in [0.717, 1.165) is 6.54 Å². The molecule has 0 aliphatic heterocycles. The van der Waals surface area contributed by atoms with E-state index < -0.39 is 0 Å². The lowest BCUT2D eigenvalue weighted by molar-refractivity contribution is 0.264. The van der Waals surface area contributed by atoms with Gasteiger partial charge in [0.05, 0.1) is 0 Å². The lowest BCUT2D eigenvalue weighted by Crippen LogP contribution is -2.14. The molecule has 11 heavy (non-hydrogen) atoms. The number of hydrogen-bond acceptors (Lipinski definition) is 1. The maximum atomic E-state index is 5.44. The molecule has 0 heterocycles. The summed E-state index contributed by atoms with van der Waals surface area (Å²) in [4.78, 5) is 0. The second-order valence-corrected chi connectivity index (χ2v) is 3.76. The SMILES string of the molecule is CCC(C)(CC)CCCCN. The molecule has 0 aromatic rings. The van der Waals surface area contributed by atoms with Crippen LogP contribution in [0.25, 0.3) is 0 Å². The van der Waals surface area contributed by atoms with Crippen molar-refractivity contribution < 1.29 is 0 Å². The molecular weight excluding hydrogens is 134 g/mol. The quantitative estimate of drug-likeness (QED) is 0.589. The highest BCUT2D eigenvalue weighted by Crippen LogP contribution is 2.31. The summed E-state index contributed by atoms with van der Waals surface area (Å²) in [6.45, 7) is 7.80. The van der Waals surface area contributed by atoms with Crippen molar-refractivity contribution >= 4 is 0 Å². The first-order valence-corrected chi connectivity index (χ1v) is 4.88. The summed E-state index contributed by atoms with van der Waals surface area (Å²) in [5.74, 6) is 0. The van der Waals surface area contributed by atoms with Crippen LogP contribution in [0.5, 0.6) is 0 Å². The van der Waals surface area contributed by atoms with E-state index in [2.05, 4.69) is 20.8 Å². The molecule has 0 aromatic heterocycles. The molecule has 0 amide bonds. The molecule has 0 spiro atoms. The second-order valence-electron chi connectivity index (χ2n) is 3.76. The first-order valence-electron chi connectivity index (χ1n) is 4.88. The first kappa shape index (κ1) is 11.0. The fraction of sp³-hybridized carbons (Fsp3) is 1.00. The Morgan fingerprint density at radius 2 is 1.64 bits per heavy atom. The summed E-state index contributed by atoms with van der Waals surface area (Å²) in [7, 11) is 0. The average molecular weight is 157 g/mol. The highest BCUT2D eigenvalue weighted by atomic mass is 14.5. The Morgan fingerprint density at radius 3 is 2.00 bits per heavy atom. The molecule has 0 aromatic carbocycles. The Bertz CT molecular complexity index is 84.9. The van der Waals surface area contributed by atoms with E-state index in [1.165, 1.54) is 32.1 Å². The minimum absolute atomic E-state index is 0.579. The molecule has 0 fully saturated rings. The van der Waals surface area contributed by atoms with Crippen molar-refractivity contribution in [2.24, 2.45) is 11.1 Å². The van der Waals surface area contributed by atoms with Crippen LogP contribution >= 0.6 is 0 Å². The van der Waals surface area contributed by atoms with Crippen molar-refractivity contribution in [1.82, 2.24) is 0 Å². The summed E-state index contributed by atoms with van der Waals surface area (Å²) < 4.78 is 0. The number of rotatable bonds is 6. The van der Waals surface area contributed by atoms with E-state index in [1.807, 2.05) is 0 Å². The van der Waals surface area contributed by atoms with E-state index >= 15 is 0 Å². The third kappa shape index (κ3) is 4.41. The van der Waals surface area contributed by atoms with E-state index in [-0.39, 0.29) is 0 Å². The van der Waals surface area contributed by atoms with E-state index in [1.54, 1.807) is 0 Å². The predicted molar refractivity (Wildman–Crippen MR) is 51.6 cm³/mol. The van der Waals surface area contributed by atoms with Gasteiger partial charge in [0.25, 0.3) is 0 Å². The molecule has 0 aliphatic carbocycles. The van der Waals surface area contributed by atoms with Gasteiger partial charge in [0.1, 0.15) is 0 Å². The zero-order valence-electron chi connectivity index (χ0n) is 8.32. The topological polar surface area (TPSA) is 26.0 Å². The number of hydrogen-bond donors (Lipinski definition) is 1. The zero-order chi connectivity index (χ0) is 8.74. The molecule has 0 radical (unpaired) electrons. The minimum Gasteiger partial charge on any atom is -0.330 e. The highest BCUT2D eigenvalue weighted by molar-refractivity contribution is 4.70. The number of nitrogens with two attached hydrogens (primary N) is 1. The smallest absolute Gasteiger partial charge is 0.00773 e. The van der Waals surface area contributed by atoms with Gasteiger partial charge in [0.15, 0.2) is 0 Å². The van der Waals surface area contributed by atoms with Crippen LogP contribution in [0.2, 0.25) is 0 Å². The Hall–Kier alpha value is -0.0400. The van der Waals surface area contributed by atoms with Gasteiger partial charge in [-0.2, -0.15) is 0 Å². The monoisotopic (exact) mass is 157 g/mol. The maximum Gasteiger partial charge on any atom is -0.00773 e. The van der Waals surface area contributed by atoms with Crippen molar-refractivity contribution in [3.63, 3.8) is 0 Å². The van der Waals surface area contributed by atoms with Crippen LogP contribution in [0, 0.1) is 5.41 Å².